The molecule has 2 aromatic carbocycles. The number of hydrogen-bond acceptors (Lipinski definition) is 1. The standard InChI is InChI=1S/C24H24F2N2O/c1-16-18-10-5-6-13-22(18)28(15-19-20(25)11-7-12-21(19)26)23(16)24(29)27-14-17-8-3-2-4-9-17/h2-4,7-9,11-12H,5-6,10,13-15H2,1H3,(H,27,29). The molecule has 1 N–H and O–H groups in total. The number of amides is 1. The van der Waals surface area contributed by atoms with E-state index in [0.717, 1.165) is 48.1 Å². The first-order chi connectivity index (χ1) is 14.1. The first-order valence-electron chi connectivity index (χ1n) is 10.0. The van der Waals surface area contributed by atoms with Crippen molar-refractivity contribution >= 4 is 5.91 Å². The van der Waals surface area contributed by atoms with E-state index in [1.807, 2.05) is 41.8 Å². The second-order valence-electron chi connectivity index (χ2n) is 7.56. The van der Waals surface area contributed by atoms with Gasteiger partial charge in [-0.25, -0.2) is 8.78 Å². The van der Waals surface area contributed by atoms with E-state index < -0.39 is 11.6 Å². The van der Waals surface area contributed by atoms with E-state index in [-0.39, 0.29) is 18.0 Å². The summed E-state index contributed by atoms with van der Waals surface area (Å²) in [7, 11) is 0. The van der Waals surface area contributed by atoms with Gasteiger partial charge in [-0.3, -0.25) is 4.79 Å². The fourth-order valence-electron chi connectivity index (χ4n) is 4.24. The molecule has 0 unspecified atom stereocenters. The summed E-state index contributed by atoms with van der Waals surface area (Å²) in [6.07, 6.45) is 3.80. The largest absolute Gasteiger partial charge is 0.347 e. The Morgan fingerprint density at radius 3 is 2.41 bits per heavy atom. The Kier molecular flexibility index (Phi) is 5.47. The van der Waals surface area contributed by atoms with Gasteiger partial charge in [-0.1, -0.05) is 36.4 Å². The monoisotopic (exact) mass is 394 g/mol. The van der Waals surface area contributed by atoms with Crippen LogP contribution in [0.25, 0.3) is 0 Å². The Morgan fingerprint density at radius 2 is 1.69 bits per heavy atom. The van der Waals surface area contributed by atoms with Gasteiger partial charge in [0.05, 0.1) is 6.54 Å². The minimum Gasteiger partial charge on any atom is -0.347 e. The van der Waals surface area contributed by atoms with Crippen molar-refractivity contribution in [2.45, 2.75) is 45.7 Å². The lowest BCUT2D eigenvalue weighted by atomic mass is 9.95. The molecule has 0 saturated heterocycles. The molecule has 3 aromatic rings. The highest BCUT2D eigenvalue weighted by Gasteiger charge is 2.27. The molecule has 3 nitrogen and oxygen atoms in total. The third-order valence-electron chi connectivity index (χ3n) is 5.73. The Balaban J connectivity index is 1.71. The second kappa shape index (κ2) is 8.19. The summed E-state index contributed by atoms with van der Waals surface area (Å²) in [6, 6.07) is 13.6. The van der Waals surface area contributed by atoms with Gasteiger partial charge in [0.2, 0.25) is 0 Å². The molecular formula is C24H24F2N2O. The molecule has 29 heavy (non-hydrogen) atoms. The molecule has 0 fully saturated rings. The van der Waals surface area contributed by atoms with Crippen molar-refractivity contribution < 1.29 is 13.6 Å². The van der Waals surface area contributed by atoms with Crippen molar-refractivity contribution in [2.24, 2.45) is 0 Å². The number of hydrogen-bond donors (Lipinski definition) is 1. The van der Waals surface area contributed by atoms with Gasteiger partial charge >= 0.3 is 0 Å². The fourth-order valence-corrected chi connectivity index (χ4v) is 4.24. The van der Waals surface area contributed by atoms with Crippen LogP contribution in [0.5, 0.6) is 0 Å². The molecule has 0 spiro atoms. The molecule has 1 heterocycles. The molecule has 1 aliphatic carbocycles. The van der Waals surface area contributed by atoms with Crippen molar-refractivity contribution in [2.75, 3.05) is 0 Å². The Bertz CT molecular complexity index is 1020. The molecule has 150 valence electrons. The third-order valence-corrected chi connectivity index (χ3v) is 5.73. The van der Waals surface area contributed by atoms with Crippen molar-refractivity contribution in [3.05, 3.63) is 93.8 Å². The smallest absolute Gasteiger partial charge is 0.268 e. The normalized spacial score (nSPS) is 13.2. The number of halogens is 2. The van der Waals surface area contributed by atoms with Crippen molar-refractivity contribution in [1.82, 2.24) is 9.88 Å². The molecule has 1 amide bonds. The predicted octanol–water partition coefficient (Wildman–Crippen LogP) is 4.93. The maximum atomic E-state index is 14.3. The first-order valence-corrected chi connectivity index (χ1v) is 10.0. The Labute approximate surface area is 169 Å². The van der Waals surface area contributed by atoms with E-state index >= 15 is 0 Å². The summed E-state index contributed by atoms with van der Waals surface area (Å²) in [4.78, 5) is 13.1. The zero-order valence-corrected chi connectivity index (χ0v) is 16.5. The van der Waals surface area contributed by atoms with Gasteiger partial charge in [0, 0.05) is 17.8 Å². The summed E-state index contributed by atoms with van der Waals surface area (Å²) in [6.45, 7) is 2.36. The lowest BCUT2D eigenvalue weighted by Crippen LogP contribution is -2.27. The van der Waals surface area contributed by atoms with E-state index in [0.29, 0.717) is 12.2 Å². The molecule has 0 bridgehead atoms. The maximum absolute atomic E-state index is 14.3. The van der Waals surface area contributed by atoms with Crippen LogP contribution >= 0.6 is 0 Å². The van der Waals surface area contributed by atoms with Crippen LogP contribution < -0.4 is 5.32 Å². The average Bonchev–Trinajstić information content (AvgIpc) is 3.02. The van der Waals surface area contributed by atoms with Gasteiger partial charge < -0.3 is 9.88 Å². The minimum absolute atomic E-state index is 0.00650. The van der Waals surface area contributed by atoms with Gasteiger partial charge in [-0.15, -0.1) is 0 Å². The van der Waals surface area contributed by atoms with E-state index in [2.05, 4.69) is 5.32 Å². The van der Waals surface area contributed by atoms with Crippen LogP contribution in [0.2, 0.25) is 0 Å². The zero-order valence-electron chi connectivity index (χ0n) is 16.5. The topological polar surface area (TPSA) is 34.0 Å². The van der Waals surface area contributed by atoms with Crippen molar-refractivity contribution in [3.8, 4) is 0 Å². The van der Waals surface area contributed by atoms with Crippen LogP contribution in [0.3, 0.4) is 0 Å². The summed E-state index contributed by atoms with van der Waals surface area (Å²) in [5.74, 6) is -1.38. The number of carbonyl (C=O) groups excluding carboxylic acids is 1. The minimum atomic E-state index is -0.587. The van der Waals surface area contributed by atoms with E-state index in [9.17, 15) is 13.6 Å². The SMILES string of the molecule is Cc1c2c(n(Cc3c(F)cccc3F)c1C(=O)NCc1ccccc1)CCCC2. The van der Waals surface area contributed by atoms with Crippen LogP contribution in [-0.4, -0.2) is 10.5 Å². The number of carbonyl (C=O) groups is 1. The first kappa shape index (κ1) is 19.4. The number of rotatable bonds is 5. The van der Waals surface area contributed by atoms with Gasteiger partial charge in [0.25, 0.3) is 5.91 Å². The van der Waals surface area contributed by atoms with Crippen LogP contribution in [0.4, 0.5) is 8.78 Å². The maximum Gasteiger partial charge on any atom is 0.268 e. The summed E-state index contributed by atoms with van der Waals surface area (Å²) in [5, 5.41) is 2.97. The molecule has 0 aliphatic heterocycles. The summed E-state index contributed by atoms with van der Waals surface area (Å²) >= 11 is 0. The quantitative estimate of drug-likeness (QED) is 0.654. The summed E-state index contributed by atoms with van der Waals surface area (Å²) in [5.41, 5.74) is 4.60. The molecule has 4 rings (SSSR count). The van der Waals surface area contributed by atoms with Gasteiger partial charge in [-0.2, -0.15) is 0 Å². The van der Waals surface area contributed by atoms with E-state index in [1.54, 1.807) is 0 Å². The van der Waals surface area contributed by atoms with E-state index in [1.165, 1.54) is 18.2 Å². The lowest BCUT2D eigenvalue weighted by Gasteiger charge is -2.18. The highest BCUT2D eigenvalue weighted by atomic mass is 19.1. The van der Waals surface area contributed by atoms with Gasteiger partial charge in [0.15, 0.2) is 0 Å². The van der Waals surface area contributed by atoms with E-state index in [4.69, 9.17) is 0 Å². The van der Waals surface area contributed by atoms with Crippen LogP contribution in [0.15, 0.2) is 48.5 Å². The number of benzene rings is 2. The van der Waals surface area contributed by atoms with Crippen molar-refractivity contribution in [1.29, 1.82) is 0 Å². The highest BCUT2D eigenvalue weighted by molar-refractivity contribution is 5.95. The number of aromatic nitrogens is 1. The average molecular weight is 394 g/mol. The number of fused-ring (bicyclic) bond motifs is 1. The lowest BCUT2D eigenvalue weighted by molar-refractivity contribution is 0.0941. The molecule has 5 heteroatoms. The second-order valence-corrected chi connectivity index (χ2v) is 7.56. The highest BCUT2D eigenvalue weighted by Crippen LogP contribution is 2.31. The zero-order chi connectivity index (χ0) is 20.4. The number of nitrogens with zero attached hydrogens (tertiary/aromatic N) is 1. The Hall–Kier alpha value is -2.95. The van der Waals surface area contributed by atoms with Gasteiger partial charge in [-0.05, 0) is 61.4 Å². The number of nitrogens with one attached hydrogen (secondary N) is 1. The third kappa shape index (κ3) is 3.82. The predicted molar refractivity (Wildman–Crippen MR) is 109 cm³/mol. The van der Waals surface area contributed by atoms with Crippen molar-refractivity contribution in [3.63, 3.8) is 0 Å². The Morgan fingerprint density at radius 1 is 1.00 bits per heavy atom. The fraction of sp³-hybridized carbons (Fsp3) is 0.292. The van der Waals surface area contributed by atoms with Crippen LogP contribution in [0.1, 0.15) is 51.3 Å². The summed E-state index contributed by atoms with van der Waals surface area (Å²) < 4.78 is 30.5. The molecule has 0 atom stereocenters. The van der Waals surface area contributed by atoms with Crippen LogP contribution in [-0.2, 0) is 25.9 Å². The molecule has 0 saturated carbocycles. The van der Waals surface area contributed by atoms with Gasteiger partial charge in [0.1, 0.15) is 17.3 Å². The molecular weight excluding hydrogens is 370 g/mol. The van der Waals surface area contributed by atoms with Crippen LogP contribution in [0, 0.1) is 18.6 Å². The molecule has 1 aromatic heterocycles. The molecule has 1 aliphatic rings. The molecule has 0 radical (unpaired) electrons.